The van der Waals surface area contributed by atoms with E-state index in [1.165, 1.54) is 9.18 Å². The van der Waals surface area contributed by atoms with E-state index in [1.807, 2.05) is 42.5 Å². The van der Waals surface area contributed by atoms with Gasteiger partial charge in [-0.15, -0.1) is 11.3 Å². The van der Waals surface area contributed by atoms with Gasteiger partial charge in [0, 0.05) is 30.1 Å². The Morgan fingerprint density at radius 1 is 1.10 bits per heavy atom. The molecular weight excluding hydrogens is 412 g/mol. The van der Waals surface area contributed by atoms with Gasteiger partial charge in [-0.1, -0.05) is 48.6 Å². The predicted molar refractivity (Wildman–Crippen MR) is 122 cm³/mol. The van der Waals surface area contributed by atoms with Crippen LogP contribution in [-0.4, -0.2) is 19.8 Å². The van der Waals surface area contributed by atoms with Gasteiger partial charge in [0.05, 0.1) is 10.9 Å². The third-order valence-corrected chi connectivity index (χ3v) is 8.89. The third kappa shape index (κ3) is 3.39. The van der Waals surface area contributed by atoms with Gasteiger partial charge in [0.1, 0.15) is 0 Å². The summed E-state index contributed by atoms with van der Waals surface area (Å²) in [5.74, 6) is 0.652. The van der Waals surface area contributed by atoms with E-state index in [0.29, 0.717) is 17.4 Å². The van der Waals surface area contributed by atoms with Crippen LogP contribution in [0.5, 0.6) is 0 Å². The van der Waals surface area contributed by atoms with Crippen LogP contribution in [0.25, 0.3) is 0 Å². The third-order valence-electron chi connectivity index (χ3n) is 6.14. The van der Waals surface area contributed by atoms with Crippen LogP contribution in [0.2, 0.25) is 0 Å². The summed E-state index contributed by atoms with van der Waals surface area (Å²) in [5, 5.41) is 5.79. The van der Waals surface area contributed by atoms with Gasteiger partial charge in [-0.2, -0.15) is 4.31 Å². The number of hydrogen-bond acceptors (Lipinski definition) is 4. The quantitative estimate of drug-likeness (QED) is 0.545. The van der Waals surface area contributed by atoms with Gasteiger partial charge in [0.15, 0.2) is 0 Å². The highest BCUT2D eigenvalue weighted by Crippen LogP contribution is 2.50. The number of fused-ring (bicyclic) bond motifs is 3. The summed E-state index contributed by atoms with van der Waals surface area (Å²) < 4.78 is 27.9. The monoisotopic (exact) mass is 436 g/mol. The molecule has 2 aromatic carbocycles. The van der Waals surface area contributed by atoms with Gasteiger partial charge in [-0.25, -0.2) is 8.42 Å². The number of benzene rings is 2. The molecule has 30 heavy (non-hydrogen) atoms. The van der Waals surface area contributed by atoms with Crippen molar-refractivity contribution in [3.63, 3.8) is 0 Å². The molecule has 0 fully saturated rings. The lowest BCUT2D eigenvalue weighted by molar-refractivity contribution is 0.429. The smallest absolute Gasteiger partial charge is 0.243 e. The second-order valence-electron chi connectivity index (χ2n) is 7.99. The van der Waals surface area contributed by atoms with Crippen LogP contribution in [-0.2, 0) is 16.6 Å². The molecule has 0 saturated heterocycles. The van der Waals surface area contributed by atoms with E-state index in [0.717, 1.165) is 23.2 Å². The highest BCUT2D eigenvalue weighted by molar-refractivity contribution is 7.89. The highest BCUT2D eigenvalue weighted by Gasteiger charge is 2.39. The van der Waals surface area contributed by atoms with Crippen LogP contribution in [0, 0.1) is 5.92 Å². The molecule has 0 bridgehead atoms. The van der Waals surface area contributed by atoms with Gasteiger partial charge in [-0.05, 0) is 53.1 Å². The summed E-state index contributed by atoms with van der Waals surface area (Å²) in [7, 11) is -1.93. The molecule has 0 amide bonds. The molecule has 3 atom stereocenters. The van der Waals surface area contributed by atoms with Crippen LogP contribution in [0.1, 0.15) is 34.4 Å². The lowest BCUT2D eigenvalue weighted by atomic mass is 9.79. The number of nitrogens with one attached hydrogen (secondary N) is 1. The van der Waals surface area contributed by atoms with Crippen molar-refractivity contribution in [3.8, 4) is 0 Å². The van der Waals surface area contributed by atoms with Crippen LogP contribution in [0.15, 0.2) is 83.1 Å². The van der Waals surface area contributed by atoms with Crippen molar-refractivity contribution in [3.05, 3.63) is 94.2 Å². The van der Waals surface area contributed by atoms with E-state index in [9.17, 15) is 8.42 Å². The molecule has 3 aromatic rings. The number of thiophene rings is 1. The minimum atomic E-state index is -3.57. The van der Waals surface area contributed by atoms with Gasteiger partial charge in [0.25, 0.3) is 0 Å². The van der Waals surface area contributed by atoms with Crippen molar-refractivity contribution < 1.29 is 8.42 Å². The average molecular weight is 437 g/mol. The molecule has 2 aliphatic rings. The normalized spacial score (nSPS) is 22.5. The number of allylic oxidation sites excluding steroid dienone is 2. The van der Waals surface area contributed by atoms with E-state index < -0.39 is 10.0 Å². The van der Waals surface area contributed by atoms with Gasteiger partial charge in [0.2, 0.25) is 10.0 Å². The minimum absolute atomic E-state index is 0.239. The van der Waals surface area contributed by atoms with Crippen LogP contribution < -0.4 is 5.32 Å². The Morgan fingerprint density at radius 3 is 2.70 bits per heavy atom. The summed E-state index contributed by atoms with van der Waals surface area (Å²) in [6.07, 6.45) is 5.48. The molecule has 0 radical (unpaired) electrons. The molecule has 5 rings (SSSR count). The van der Waals surface area contributed by atoms with E-state index in [1.54, 1.807) is 24.5 Å². The average Bonchev–Trinajstić information content (AvgIpc) is 3.46. The number of nitrogens with zero attached hydrogens (tertiary/aromatic N) is 1. The molecular formula is C24H24N2O2S2. The first-order chi connectivity index (χ1) is 14.5. The van der Waals surface area contributed by atoms with Crippen LogP contribution in [0.3, 0.4) is 0 Å². The van der Waals surface area contributed by atoms with Crippen molar-refractivity contribution in [2.45, 2.75) is 29.8 Å². The van der Waals surface area contributed by atoms with Crippen molar-refractivity contribution in [1.29, 1.82) is 0 Å². The van der Waals surface area contributed by atoms with Crippen molar-refractivity contribution >= 4 is 27.0 Å². The van der Waals surface area contributed by atoms with Crippen molar-refractivity contribution in [1.82, 2.24) is 4.31 Å². The zero-order chi connectivity index (χ0) is 20.7. The number of rotatable bonds is 5. The Morgan fingerprint density at radius 2 is 1.93 bits per heavy atom. The van der Waals surface area contributed by atoms with Gasteiger partial charge < -0.3 is 5.32 Å². The number of hydrogen-bond donors (Lipinski definition) is 1. The highest BCUT2D eigenvalue weighted by atomic mass is 32.2. The molecule has 0 saturated carbocycles. The Bertz CT molecular complexity index is 1170. The Hall–Kier alpha value is -2.41. The maximum atomic E-state index is 13.3. The minimum Gasteiger partial charge on any atom is -0.377 e. The second-order valence-corrected chi connectivity index (χ2v) is 11.0. The fourth-order valence-electron chi connectivity index (χ4n) is 4.59. The van der Waals surface area contributed by atoms with E-state index in [2.05, 4.69) is 35.0 Å². The first-order valence-electron chi connectivity index (χ1n) is 10.1. The number of sulfonamides is 1. The second kappa shape index (κ2) is 7.69. The maximum Gasteiger partial charge on any atom is 0.243 e. The molecule has 4 nitrogen and oxygen atoms in total. The molecule has 2 heterocycles. The Balaban J connectivity index is 1.47. The zero-order valence-corrected chi connectivity index (χ0v) is 18.4. The Kier molecular flexibility index (Phi) is 5.01. The first-order valence-corrected chi connectivity index (χ1v) is 12.5. The summed E-state index contributed by atoms with van der Waals surface area (Å²) in [5.41, 5.74) is 3.09. The zero-order valence-electron chi connectivity index (χ0n) is 16.7. The summed E-state index contributed by atoms with van der Waals surface area (Å²) in [6.45, 7) is 0.352. The molecule has 6 heteroatoms. The lowest BCUT2D eigenvalue weighted by Gasteiger charge is -2.37. The Labute approximate surface area is 181 Å². The fourth-order valence-corrected chi connectivity index (χ4v) is 6.63. The summed E-state index contributed by atoms with van der Waals surface area (Å²) in [6, 6.07) is 19.7. The van der Waals surface area contributed by atoms with Crippen LogP contribution in [0.4, 0.5) is 5.69 Å². The molecule has 1 aliphatic heterocycles. The molecule has 1 aliphatic carbocycles. The molecule has 3 unspecified atom stereocenters. The molecule has 1 aromatic heterocycles. The lowest BCUT2D eigenvalue weighted by Crippen LogP contribution is -2.30. The molecule has 154 valence electrons. The molecule has 0 spiro atoms. The van der Waals surface area contributed by atoms with Crippen LogP contribution >= 0.6 is 11.3 Å². The van der Waals surface area contributed by atoms with Gasteiger partial charge >= 0.3 is 0 Å². The predicted octanol–water partition coefficient (Wildman–Crippen LogP) is 5.40. The number of anilines is 1. The van der Waals surface area contributed by atoms with E-state index >= 15 is 0 Å². The van der Waals surface area contributed by atoms with E-state index in [-0.39, 0.29) is 12.0 Å². The SMILES string of the molecule is CN(Cc1ccccc1)S(=O)(=O)c1ccc2c(c1)C1C=CCC1C(c1cccs1)N2. The van der Waals surface area contributed by atoms with Crippen molar-refractivity contribution in [2.75, 3.05) is 12.4 Å². The topological polar surface area (TPSA) is 49.4 Å². The summed E-state index contributed by atoms with van der Waals surface area (Å²) in [4.78, 5) is 1.69. The first kappa shape index (κ1) is 19.5. The molecule has 1 N–H and O–H groups in total. The maximum absolute atomic E-state index is 13.3. The standard InChI is InChI=1S/C24H24N2O2S2/c1-26(16-17-7-3-2-4-8-17)30(27,28)18-12-13-22-21(15-18)19-9-5-10-20(19)24(25-22)23-11-6-14-29-23/h2-9,11-15,19-20,24-25H,10,16H2,1H3. The van der Waals surface area contributed by atoms with Gasteiger partial charge in [-0.3, -0.25) is 0 Å². The van der Waals surface area contributed by atoms with Crippen molar-refractivity contribution in [2.24, 2.45) is 5.92 Å². The van der Waals surface area contributed by atoms with E-state index in [4.69, 9.17) is 0 Å². The summed E-state index contributed by atoms with van der Waals surface area (Å²) >= 11 is 1.77. The fraction of sp³-hybridized carbons (Fsp3) is 0.250. The largest absolute Gasteiger partial charge is 0.377 e.